The van der Waals surface area contributed by atoms with Gasteiger partial charge in [0.15, 0.2) is 11.6 Å². The fourth-order valence-corrected chi connectivity index (χ4v) is 11.4. The number of hydrogen-bond donors (Lipinski definition) is 4. The maximum Gasteiger partial charge on any atom is 0.318 e. The van der Waals surface area contributed by atoms with Crippen LogP contribution >= 0.6 is 0 Å². The van der Waals surface area contributed by atoms with E-state index in [0.29, 0.717) is 70.9 Å². The summed E-state index contributed by atoms with van der Waals surface area (Å²) in [7, 11) is 0. The summed E-state index contributed by atoms with van der Waals surface area (Å²) in [5, 5.41) is 36.2. The summed E-state index contributed by atoms with van der Waals surface area (Å²) in [6.07, 6.45) is 9.70. The molecular formula is C49H80N2O11. The van der Waals surface area contributed by atoms with Crippen LogP contribution in [0.15, 0.2) is 37.5 Å². The highest BCUT2D eigenvalue weighted by Gasteiger charge is 2.63. The number of carbonyl (C=O) groups is 3. The molecule has 13 heteroatoms. The third-order valence-corrected chi connectivity index (χ3v) is 15.7. The van der Waals surface area contributed by atoms with E-state index in [9.17, 15) is 29.7 Å². The van der Waals surface area contributed by atoms with Crippen molar-refractivity contribution in [3.05, 3.63) is 37.5 Å². The number of aliphatic hydroxyl groups excluding tert-OH is 1. The van der Waals surface area contributed by atoms with Crippen molar-refractivity contribution in [1.29, 1.82) is 0 Å². The first kappa shape index (κ1) is 50.4. The van der Waals surface area contributed by atoms with Gasteiger partial charge in [-0.25, -0.2) is 4.79 Å². The molecule has 2 amide bonds. The molecule has 2 spiro atoms. The van der Waals surface area contributed by atoms with Crippen LogP contribution < -0.4 is 5.32 Å². The predicted octanol–water partition coefficient (Wildman–Crippen LogP) is 7.58. The molecule has 0 aromatic rings. The predicted molar refractivity (Wildman–Crippen MR) is 237 cm³/mol. The van der Waals surface area contributed by atoms with E-state index in [-0.39, 0.29) is 35.7 Å². The van der Waals surface area contributed by atoms with E-state index in [1.807, 2.05) is 53.7 Å². The fourth-order valence-electron chi connectivity index (χ4n) is 11.4. The quantitative estimate of drug-likeness (QED) is 0.106. The smallest absolute Gasteiger partial charge is 0.318 e. The third kappa shape index (κ3) is 9.94. The van der Waals surface area contributed by atoms with E-state index in [1.54, 1.807) is 24.0 Å². The van der Waals surface area contributed by atoms with Gasteiger partial charge in [-0.3, -0.25) is 9.59 Å². The van der Waals surface area contributed by atoms with Crippen LogP contribution in [0.1, 0.15) is 133 Å². The first-order valence-electron chi connectivity index (χ1n) is 23.7. The molecular weight excluding hydrogens is 793 g/mol. The highest BCUT2D eigenvalue weighted by molar-refractivity contribution is 5.84. The Hall–Kier alpha value is -2.65. The summed E-state index contributed by atoms with van der Waals surface area (Å²) in [5.41, 5.74) is -1.74. The lowest BCUT2D eigenvalue weighted by atomic mass is 9.72. The lowest BCUT2D eigenvalue weighted by Crippen LogP contribution is -2.66. The van der Waals surface area contributed by atoms with Crippen molar-refractivity contribution < 1.29 is 53.4 Å². The molecule has 0 aliphatic carbocycles. The summed E-state index contributed by atoms with van der Waals surface area (Å²) in [6, 6.07) is -1.04. The minimum absolute atomic E-state index is 0.0308. The highest BCUT2D eigenvalue weighted by atomic mass is 16.8. The fraction of sp³-hybridized carbons (Fsp3) is 0.816. The zero-order valence-corrected chi connectivity index (χ0v) is 39.3. The molecule has 0 bridgehead atoms. The summed E-state index contributed by atoms with van der Waals surface area (Å²) in [6.45, 7) is 27.9. The second-order valence-electron chi connectivity index (χ2n) is 19.9. The highest BCUT2D eigenvalue weighted by Crippen LogP contribution is 2.54. The summed E-state index contributed by atoms with van der Waals surface area (Å²) < 4.78 is 34.6. The molecule has 5 heterocycles. The number of ketones is 1. The van der Waals surface area contributed by atoms with Gasteiger partial charge in [0, 0.05) is 43.2 Å². The number of carboxylic acid groups (broad SMARTS) is 1. The van der Waals surface area contributed by atoms with E-state index in [4.69, 9.17) is 23.7 Å². The van der Waals surface area contributed by atoms with Crippen LogP contribution in [0.2, 0.25) is 0 Å². The Labute approximate surface area is 371 Å². The molecule has 13 nitrogen and oxygen atoms in total. The summed E-state index contributed by atoms with van der Waals surface area (Å²) in [5.74, 6) is -6.12. The number of nitrogens with one attached hydrogen (secondary N) is 1. The van der Waals surface area contributed by atoms with Crippen LogP contribution in [0.3, 0.4) is 0 Å². The molecule has 5 rings (SSSR count). The van der Waals surface area contributed by atoms with Crippen LogP contribution in [0.4, 0.5) is 4.79 Å². The number of ether oxygens (including phenoxy) is 5. The van der Waals surface area contributed by atoms with Gasteiger partial charge in [0.2, 0.25) is 0 Å². The van der Waals surface area contributed by atoms with Crippen molar-refractivity contribution in [3.63, 3.8) is 0 Å². The van der Waals surface area contributed by atoms with E-state index in [0.717, 1.165) is 6.42 Å². The lowest BCUT2D eigenvalue weighted by Gasteiger charge is -2.55. The molecule has 4 fully saturated rings. The Balaban J connectivity index is 1.42. The van der Waals surface area contributed by atoms with Crippen LogP contribution in [0, 0.1) is 41.4 Å². The first-order valence-corrected chi connectivity index (χ1v) is 23.7. The largest absolute Gasteiger partial charge is 0.481 e. The zero-order valence-electron chi connectivity index (χ0n) is 39.3. The van der Waals surface area contributed by atoms with Gasteiger partial charge in [0.05, 0.1) is 53.7 Å². The zero-order chi connectivity index (χ0) is 45.9. The second-order valence-corrected chi connectivity index (χ2v) is 19.9. The molecule has 0 unspecified atom stereocenters. The number of urea groups is 1. The van der Waals surface area contributed by atoms with Crippen molar-refractivity contribution in [2.45, 2.75) is 199 Å². The average Bonchev–Trinajstić information content (AvgIpc) is 3.58. The normalized spacial score (nSPS) is 40.9. The molecule has 0 aromatic heterocycles. The van der Waals surface area contributed by atoms with Crippen molar-refractivity contribution >= 4 is 17.8 Å². The third-order valence-electron chi connectivity index (χ3n) is 15.7. The molecule has 62 heavy (non-hydrogen) atoms. The average molecular weight is 873 g/mol. The Kier molecular flexibility index (Phi) is 16.4. The van der Waals surface area contributed by atoms with Crippen molar-refractivity contribution in [3.8, 4) is 0 Å². The lowest BCUT2D eigenvalue weighted by molar-refractivity contribution is -0.398. The maximum absolute atomic E-state index is 14.7. The maximum atomic E-state index is 14.7. The van der Waals surface area contributed by atoms with E-state index >= 15 is 0 Å². The Morgan fingerprint density at radius 2 is 1.56 bits per heavy atom. The minimum atomic E-state index is -1.37. The van der Waals surface area contributed by atoms with Crippen LogP contribution in [0.5, 0.6) is 0 Å². The molecule has 352 valence electrons. The summed E-state index contributed by atoms with van der Waals surface area (Å²) in [4.78, 5) is 42.2. The number of rotatable bonds is 17. The standard InChI is InChI=1S/C49H80N2O11/c1-13-26-51(27-14-2)45(56)50-38-20-23-48(62-49(38)25-24-46(12,61-49)39-21-22-47(57,17-5)34(11)58-39)31(8)28-30(7)43(60-48)36(16-4)41(53)32(9)40(52)33(10)42-29(6)18-19-37(59-42)35(15-3)44(54)55/h13-14,20,23,29-40,42-43,52,57H,1-2,15-19,21-22,24-28H2,3-12H3,(H,50,56)(H,54,55)/t29-,30-,31+,32-,33-,34-,35+,36-,37+,38+,39+,40+,42+,43-,46-,47+,48-,49-/m0/s1. The minimum Gasteiger partial charge on any atom is -0.481 e. The molecule has 0 aromatic carbocycles. The van der Waals surface area contributed by atoms with Gasteiger partial charge in [0.1, 0.15) is 11.8 Å². The molecule has 5 aliphatic rings. The summed E-state index contributed by atoms with van der Waals surface area (Å²) >= 11 is 0. The van der Waals surface area contributed by atoms with Gasteiger partial charge in [-0.15, -0.1) is 13.2 Å². The van der Waals surface area contributed by atoms with Crippen LogP contribution in [-0.2, 0) is 33.3 Å². The van der Waals surface area contributed by atoms with Gasteiger partial charge in [-0.1, -0.05) is 73.6 Å². The van der Waals surface area contributed by atoms with E-state index < -0.39 is 89.0 Å². The molecule has 5 aliphatic heterocycles. The van der Waals surface area contributed by atoms with Crippen molar-refractivity contribution in [1.82, 2.24) is 10.2 Å². The number of aliphatic carboxylic acids is 1. The second kappa shape index (κ2) is 20.3. The van der Waals surface area contributed by atoms with Gasteiger partial charge >= 0.3 is 12.0 Å². The number of aliphatic hydroxyl groups is 2. The molecule has 4 saturated heterocycles. The molecule has 4 N–H and O–H groups in total. The van der Waals surface area contributed by atoms with E-state index in [1.165, 1.54) is 0 Å². The number of carboxylic acids is 1. The molecule has 0 radical (unpaired) electrons. The number of Topliss-reactive ketones (excluding diaryl/α,β-unsaturated/α-hetero) is 1. The van der Waals surface area contributed by atoms with Crippen LogP contribution in [-0.4, -0.2) is 117 Å². The molecule has 0 saturated carbocycles. The first-order chi connectivity index (χ1) is 29.2. The topological polar surface area (TPSA) is 173 Å². The Morgan fingerprint density at radius 3 is 2.15 bits per heavy atom. The monoisotopic (exact) mass is 873 g/mol. The van der Waals surface area contributed by atoms with Gasteiger partial charge in [-0.05, 0) is 89.5 Å². The number of hydrogen-bond acceptors (Lipinski definition) is 10. The number of nitrogens with zero attached hydrogens (tertiary/aromatic N) is 1. The van der Waals surface area contributed by atoms with Gasteiger partial charge < -0.3 is 49.2 Å². The van der Waals surface area contributed by atoms with Crippen molar-refractivity contribution in [2.24, 2.45) is 41.4 Å². The van der Waals surface area contributed by atoms with Crippen LogP contribution in [0.25, 0.3) is 0 Å². The Bertz CT molecular complexity index is 1620. The number of amides is 2. The van der Waals surface area contributed by atoms with Gasteiger partial charge in [0.25, 0.3) is 0 Å². The Morgan fingerprint density at radius 1 is 0.903 bits per heavy atom. The van der Waals surface area contributed by atoms with Gasteiger partial charge in [-0.2, -0.15) is 0 Å². The molecule has 18 atom stereocenters. The number of carbonyl (C=O) groups excluding carboxylic acids is 2. The SMILES string of the molecule is C=CCN(CC=C)C(=O)N[C@@H]1C=C[C@]2(O[C@H]([C@@H](CC)C(=O)[C@@H](C)[C@@H](O)[C@H](C)[C@@H]3O[C@@H]([C@@H](CC)C(=O)O)CC[C@@H]3C)[C@@H](C)C[C@H]2C)O[C@@]12CC[C@@](C)([C@H]1CC[C@](O)(CC)[C@H](C)O1)O2. The van der Waals surface area contributed by atoms with E-state index in [2.05, 4.69) is 39.2 Å². The van der Waals surface area contributed by atoms with Crippen molar-refractivity contribution in [2.75, 3.05) is 13.1 Å².